The van der Waals surface area contributed by atoms with E-state index in [9.17, 15) is 9.59 Å². The second-order valence-electron chi connectivity index (χ2n) is 6.36. The molecule has 4 heteroatoms. The van der Waals surface area contributed by atoms with E-state index in [0.29, 0.717) is 19.4 Å². The Morgan fingerprint density at radius 3 is 2.04 bits per heavy atom. The fraction of sp³-hybridized carbons (Fsp3) is 0.333. The molecule has 2 aromatic carbocycles. The van der Waals surface area contributed by atoms with Crippen molar-refractivity contribution >= 4 is 11.9 Å². The van der Waals surface area contributed by atoms with Crippen molar-refractivity contribution in [2.75, 3.05) is 6.54 Å². The van der Waals surface area contributed by atoms with E-state index in [1.165, 1.54) is 0 Å². The second kappa shape index (κ2) is 8.47. The molecule has 0 aromatic heterocycles. The standard InChI is InChI=1S/C21H23NO3/c23-19(12-7-15-22-21(24)18-13-14-18)25-20(16-8-3-1-4-9-16)17-10-5-2-6-11-17/h1-6,8-11,18,20H,7,12-15H2,(H,22,24). The molecule has 0 heterocycles. The third-order valence-corrected chi connectivity index (χ3v) is 4.26. The van der Waals surface area contributed by atoms with E-state index in [2.05, 4.69) is 5.32 Å². The molecule has 1 N–H and O–H groups in total. The van der Waals surface area contributed by atoms with Gasteiger partial charge >= 0.3 is 5.97 Å². The Morgan fingerprint density at radius 2 is 1.52 bits per heavy atom. The number of amides is 1. The van der Waals surface area contributed by atoms with E-state index in [0.717, 1.165) is 24.0 Å². The van der Waals surface area contributed by atoms with Gasteiger partial charge < -0.3 is 10.1 Å². The molecule has 25 heavy (non-hydrogen) atoms. The zero-order valence-corrected chi connectivity index (χ0v) is 14.2. The lowest BCUT2D eigenvalue weighted by Crippen LogP contribution is -2.26. The Labute approximate surface area is 148 Å². The van der Waals surface area contributed by atoms with E-state index < -0.39 is 6.10 Å². The van der Waals surface area contributed by atoms with Crippen LogP contribution in [0.2, 0.25) is 0 Å². The molecule has 0 aliphatic heterocycles. The molecule has 0 bridgehead atoms. The summed E-state index contributed by atoms with van der Waals surface area (Å²) in [6.07, 6.45) is 2.46. The van der Waals surface area contributed by atoms with E-state index in [-0.39, 0.29) is 17.8 Å². The molecule has 1 fully saturated rings. The van der Waals surface area contributed by atoms with Gasteiger partial charge in [-0.2, -0.15) is 0 Å². The second-order valence-corrected chi connectivity index (χ2v) is 6.36. The van der Waals surface area contributed by atoms with Crippen LogP contribution in [0.4, 0.5) is 0 Å². The fourth-order valence-electron chi connectivity index (χ4n) is 2.71. The predicted molar refractivity (Wildman–Crippen MR) is 95.8 cm³/mol. The first kappa shape index (κ1) is 17.2. The number of hydrogen-bond donors (Lipinski definition) is 1. The Bertz CT molecular complexity index is 656. The number of carbonyl (C=O) groups is 2. The first-order valence-electron chi connectivity index (χ1n) is 8.81. The summed E-state index contributed by atoms with van der Waals surface area (Å²) in [5.41, 5.74) is 1.90. The van der Waals surface area contributed by atoms with Crippen molar-refractivity contribution in [3.05, 3.63) is 71.8 Å². The smallest absolute Gasteiger partial charge is 0.306 e. The van der Waals surface area contributed by atoms with Gasteiger partial charge in [0, 0.05) is 18.9 Å². The van der Waals surface area contributed by atoms with E-state index >= 15 is 0 Å². The topological polar surface area (TPSA) is 55.4 Å². The maximum Gasteiger partial charge on any atom is 0.306 e. The Hall–Kier alpha value is -2.62. The predicted octanol–water partition coefficient (Wildman–Crippen LogP) is 3.63. The van der Waals surface area contributed by atoms with Crippen LogP contribution in [0.5, 0.6) is 0 Å². The zero-order chi connectivity index (χ0) is 17.5. The third-order valence-electron chi connectivity index (χ3n) is 4.26. The van der Waals surface area contributed by atoms with E-state index in [1.807, 2.05) is 60.7 Å². The number of hydrogen-bond acceptors (Lipinski definition) is 3. The molecule has 130 valence electrons. The minimum Gasteiger partial charge on any atom is -0.453 e. The van der Waals surface area contributed by atoms with Crippen molar-refractivity contribution in [1.82, 2.24) is 5.32 Å². The average Bonchev–Trinajstić information content (AvgIpc) is 3.50. The number of ether oxygens (including phenoxy) is 1. The maximum atomic E-state index is 12.3. The van der Waals surface area contributed by atoms with Gasteiger partial charge in [-0.3, -0.25) is 9.59 Å². The van der Waals surface area contributed by atoms with Crippen LogP contribution in [0.25, 0.3) is 0 Å². The Morgan fingerprint density at radius 1 is 0.960 bits per heavy atom. The van der Waals surface area contributed by atoms with Crippen molar-refractivity contribution in [3.63, 3.8) is 0 Å². The van der Waals surface area contributed by atoms with Crippen LogP contribution in [-0.2, 0) is 14.3 Å². The molecule has 0 saturated heterocycles. The molecule has 1 aliphatic carbocycles. The summed E-state index contributed by atoms with van der Waals surface area (Å²) in [4.78, 5) is 23.8. The van der Waals surface area contributed by atoms with Gasteiger partial charge in [0.1, 0.15) is 0 Å². The summed E-state index contributed by atoms with van der Waals surface area (Å²) < 4.78 is 5.74. The molecule has 0 radical (unpaired) electrons. The fourth-order valence-corrected chi connectivity index (χ4v) is 2.71. The number of esters is 1. The molecular weight excluding hydrogens is 314 g/mol. The number of benzene rings is 2. The highest BCUT2D eigenvalue weighted by molar-refractivity contribution is 5.80. The summed E-state index contributed by atoms with van der Waals surface area (Å²) in [7, 11) is 0. The summed E-state index contributed by atoms with van der Waals surface area (Å²) in [6, 6.07) is 19.5. The summed E-state index contributed by atoms with van der Waals surface area (Å²) in [6.45, 7) is 0.520. The van der Waals surface area contributed by atoms with Crippen molar-refractivity contribution < 1.29 is 14.3 Å². The maximum absolute atomic E-state index is 12.3. The van der Waals surface area contributed by atoms with Gasteiger partial charge in [-0.15, -0.1) is 0 Å². The SMILES string of the molecule is O=C(CCCNC(=O)C1CC1)OC(c1ccccc1)c1ccccc1. The molecule has 0 spiro atoms. The molecule has 1 aliphatic rings. The Balaban J connectivity index is 1.54. The lowest BCUT2D eigenvalue weighted by Gasteiger charge is -2.19. The van der Waals surface area contributed by atoms with Crippen molar-refractivity contribution in [2.24, 2.45) is 5.92 Å². The van der Waals surface area contributed by atoms with E-state index in [4.69, 9.17) is 4.74 Å². The molecule has 4 nitrogen and oxygen atoms in total. The van der Waals surface area contributed by atoms with Crippen LogP contribution in [0.15, 0.2) is 60.7 Å². The monoisotopic (exact) mass is 337 g/mol. The first-order chi connectivity index (χ1) is 12.2. The van der Waals surface area contributed by atoms with Gasteiger partial charge in [0.15, 0.2) is 6.10 Å². The quantitative estimate of drug-likeness (QED) is 0.591. The lowest BCUT2D eigenvalue weighted by atomic mass is 10.0. The van der Waals surface area contributed by atoms with Gasteiger partial charge in [-0.1, -0.05) is 60.7 Å². The Kier molecular flexibility index (Phi) is 5.83. The van der Waals surface area contributed by atoms with Crippen molar-refractivity contribution in [3.8, 4) is 0 Å². The normalized spacial score (nSPS) is 13.5. The van der Waals surface area contributed by atoms with Gasteiger partial charge in [-0.05, 0) is 30.4 Å². The number of carbonyl (C=O) groups excluding carboxylic acids is 2. The van der Waals surface area contributed by atoms with Crippen LogP contribution in [0.1, 0.15) is 42.9 Å². The minimum atomic E-state index is -0.407. The van der Waals surface area contributed by atoms with E-state index in [1.54, 1.807) is 0 Å². The molecular formula is C21H23NO3. The minimum absolute atomic E-state index is 0.111. The highest BCUT2D eigenvalue weighted by Gasteiger charge is 2.29. The van der Waals surface area contributed by atoms with Crippen LogP contribution in [0.3, 0.4) is 0 Å². The molecule has 2 aromatic rings. The van der Waals surface area contributed by atoms with Crippen LogP contribution in [-0.4, -0.2) is 18.4 Å². The molecule has 1 saturated carbocycles. The van der Waals surface area contributed by atoms with Crippen molar-refractivity contribution in [1.29, 1.82) is 0 Å². The van der Waals surface area contributed by atoms with Gasteiger partial charge in [0.25, 0.3) is 0 Å². The highest BCUT2D eigenvalue weighted by Crippen LogP contribution is 2.29. The van der Waals surface area contributed by atoms with Crippen LogP contribution >= 0.6 is 0 Å². The lowest BCUT2D eigenvalue weighted by molar-refractivity contribution is -0.147. The van der Waals surface area contributed by atoms with Crippen LogP contribution < -0.4 is 5.32 Å². The number of nitrogens with one attached hydrogen (secondary N) is 1. The average molecular weight is 337 g/mol. The molecule has 0 unspecified atom stereocenters. The molecule has 1 amide bonds. The van der Waals surface area contributed by atoms with Gasteiger partial charge in [-0.25, -0.2) is 0 Å². The number of rotatable bonds is 8. The van der Waals surface area contributed by atoms with Gasteiger partial charge in [0.2, 0.25) is 5.91 Å². The molecule has 3 rings (SSSR count). The zero-order valence-electron chi connectivity index (χ0n) is 14.2. The summed E-state index contributed by atoms with van der Waals surface area (Å²) in [5.74, 6) is 0.0608. The van der Waals surface area contributed by atoms with Crippen LogP contribution in [0, 0.1) is 5.92 Å². The van der Waals surface area contributed by atoms with Gasteiger partial charge in [0.05, 0.1) is 0 Å². The largest absolute Gasteiger partial charge is 0.453 e. The van der Waals surface area contributed by atoms with Crippen molar-refractivity contribution in [2.45, 2.75) is 31.8 Å². The molecule has 0 atom stereocenters. The summed E-state index contributed by atoms with van der Waals surface area (Å²) in [5, 5.41) is 2.87. The first-order valence-corrected chi connectivity index (χ1v) is 8.81. The third kappa shape index (κ3) is 5.18. The highest BCUT2D eigenvalue weighted by atomic mass is 16.5. The summed E-state index contributed by atoms with van der Waals surface area (Å²) >= 11 is 0.